The van der Waals surface area contributed by atoms with Gasteiger partial charge in [0.25, 0.3) is 11.8 Å². The molecular weight excluding hydrogens is 502 g/mol. The third-order valence-electron chi connectivity index (χ3n) is 4.50. The molecule has 0 aliphatic rings. The number of ether oxygens (including phenoxy) is 1. The zero-order valence-electron chi connectivity index (χ0n) is 18.2. The highest BCUT2D eigenvalue weighted by molar-refractivity contribution is 9.10. The van der Waals surface area contributed by atoms with Gasteiger partial charge in [-0.15, -0.1) is 0 Å². The van der Waals surface area contributed by atoms with Crippen LogP contribution < -0.4 is 20.7 Å². The molecule has 0 saturated carbocycles. The predicted molar refractivity (Wildman–Crippen MR) is 138 cm³/mol. The number of nitrogens with one attached hydrogen (secondary N) is 3. The van der Waals surface area contributed by atoms with E-state index in [2.05, 4.69) is 31.9 Å². The van der Waals surface area contributed by atoms with E-state index < -0.39 is 0 Å². The first-order valence-corrected chi connectivity index (χ1v) is 11.5. The fourth-order valence-corrected chi connectivity index (χ4v) is 3.66. The van der Waals surface area contributed by atoms with Crippen LogP contribution in [0, 0.1) is 0 Å². The van der Waals surface area contributed by atoms with Gasteiger partial charge in [-0.1, -0.05) is 42.5 Å². The number of para-hydroxylation sites is 1. The van der Waals surface area contributed by atoms with Crippen LogP contribution >= 0.6 is 28.1 Å². The average Bonchev–Trinajstić information content (AvgIpc) is 2.79. The van der Waals surface area contributed by atoms with Gasteiger partial charge in [-0.3, -0.25) is 14.9 Å². The van der Waals surface area contributed by atoms with E-state index in [1.165, 1.54) is 0 Å². The van der Waals surface area contributed by atoms with Gasteiger partial charge in [0.15, 0.2) is 5.11 Å². The molecule has 3 N–H and O–H groups in total. The van der Waals surface area contributed by atoms with E-state index in [1.807, 2.05) is 44.2 Å². The maximum Gasteiger partial charge on any atom is 0.257 e. The first kappa shape index (κ1) is 24.4. The minimum absolute atomic E-state index is 0.0164. The molecule has 6 nitrogen and oxygen atoms in total. The lowest BCUT2D eigenvalue weighted by atomic mass is 10.1. The van der Waals surface area contributed by atoms with Crippen molar-refractivity contribution in [1.29, 1.82) is 0 Å². The van der Waals surface area contributed by atoms with Gasteiger partial charge in [0.1, 0.15) is 5.75 Å². The molecule has 0 spiro atoms. The van der Waals surface area contributed by atoms with E-state index in [0.29, 0.717) is 33.6 Å². The molecule has 0 heterocycles. The lowest BCUT2D eigenvalue weighted by Gasteiger charge is -2.15. The summed E-state index contributed by atoms with van der Waals surface area (Å²) in [6.45, 7) is 4.26. The molecule has 3 rings (SSSR count). The van der Waals surface area contributed by atoms with Gasteiger partial charge in [0.05, 0.1) is 21.8 Å². The van der Waals surface area contributed by atoms with Crippen LogP contribution in [-0.2, 0) is 6.54 Å². The summed E-state index contributed by atoms with van der Waals surface area (Å²) in [5.41, 5.74) is 2.32. The van der Waals surface area contributed by atoms with E-state index in [4.69, 9.17) is 17.0 Å². The monoisotopic (exact) mass is 525 g/mol. The SMILES string of the molecule is CC(C)Oc1ccc(C(=O)NC(=S)Nc2ccccc2C(=O)NCc2ccccc2)cc1Br. The molecular formula is C25H24BrN3O3S. The van der Waals surface area contributed by atoms with Crippen LogP contribution in [0.1, 0.15) is 40.1 Å². The molecule has 3 aromatic carbocycles. The Kier molecular flexibility index (Phi) is 8.57. The predicted octanol–water partition coefficient (Wildman–Crippen LogP) is 5.29. The van der Waals surface area contributed by atoms with Crippen LogP contribution in [0.3, 0.4) is 0 Å². The summed E-state index contributed by atoms with van der Waals surface area (Å²) in [7, 11) is 0. The summed E-state index contributed by atoms with van der Waals surface area (Å²) in [6.07, 6.45) is 0.0164. The van der Waals surface area contributed by atoms with Crippen molar-refractivity contribution < 1.29 is 14.3 Å². The lowest BCUT2D eigenvalue weighted by Crippen LogP contribution is -2.35. The Morgan fingerprint density at radius 1 is 0.970 bits per heavy atom. The third kappa shape index (κ3) is 7.13. The van der Waals surface area contributed by atoms with E-state index in [-0.39, 0.29) is 23.0 Å². The lowest BCUT2D eigenvalue weighted by molar-refractivity contribution is 0.0950. The quantitative estimate of drug-likeness (QED) is 0.365. The normalized spacial score (nSPS) is 10.4. The Labute approximate surface area is 206 Å². The van der Waals surface area contributed by atoms with Gasteiger partial charge in [0, 0.05) is 12.1 Å². The number of anilines is 1. The Morgan fingerprint density at radius 2 is 1.67 bits per heavy atom. The van der Waals surface area contributed by atoms with Gasteiger partial charge >= 0.3 is 0 Å². The van der Waals surface area contributed by atoms with Crippen LogP contribution in [0.15, 0.2) is 77.3 Å². The van der Waals surface area contributed by atoms with Gasteiger partial charge in [-0.2, -0.15) is 0 Å². The average molecular weight is 526 g/mol. The molecule has 33 heavy (non-hydrogen) atoms. The molecule has 8 heteroatoms. The number of hydrogen-bond acceptors (Lipinski definition) is 4. The minimum Gasteiger partial charge on any atom is -0.490 e. The number of carbonyl (C=O) groups is 2. The maximum atomic E-state index is 12.7. The van der Waals surface area contributed by atoms with Gasteiger partial charge in [-0.05, 0) is 77.9 Å². The van der Waals surface area contributed by atoms with Crippen LogP contribution in [0.2, 0.25) is 0 Å². The van der Waals surface area contributed by atoms with Crippen molar-refractivity contribution in [3.05, 3.63) is 94.0 Å². The van der Waals surface area contributed by atoms with Crippen molar-refractivity contribution in [1.82, 2.24) is 10.6 Å². The van der Waals surface area contributed by atoms with E-state index >= 15 is 0 Å². The molecule has 0 bridgehead atoms. The Balaban J connectivity index is 1.63. The van der Waals surface area contributed by atoms with Crippen LogP contribution in [-0.4, -0.2) is 23.0 Å². The van der Waals surface area contributed by atoms with Crippen molar-refractivity contribution in [2.75, 3.05) is 5.32 Å². The van der Waals surface area contributed by atoms with Crippen molar-refractivity contribution in [2.45, 2.75) is 26.5 Å². The van der Waals surface area contributed by atoms with E-state index in [1.54, 1.807) is 42.5 Å². The summed E-state index contributed by atoms with van der Waals surface area (Å²) in [5.74, 6) is 0.0220. The van der Waals surface area contributed by atoms with E-state index in [9.17, 15) is 9.59 Å². The van der Waals surface area contributed by atoms with Crippen LogP contribution in [0.5, 0.6) is 5.75 Å². The second kappa shape index (κ2) is 11.6. The zero-order chi connectivity index (χ0) is 23.8. The zero-order valence-corrected chi connectivity index (χ0v) is 20.6. The van der Waals surface area contributed by atoms with E-state index in [0.717, 1.165) is 5.56 Å². The topological polar surface area (TPSA) is 79.5 Å². The smallest absolute Gasteiger partial charge is 0.257 e. The number of carbonyl (C=O) groups excluding carboxylic acids is 2. The number of thiocarbonyl (C=S) groups is 1. The third-order valence-corrected chi connectivity index (χ3v) is 5.32. The maximum absolute atomic E-state index is 12.7. The fourth-order valence-electron chi connectivity index (χ4n) is 2.98. The molecule has 0 atom stereocenters. The van der Waals surface area contributed by atoms with Gasteiger partial charge in [-0.25, -0.2) is 0 Å². The summed E-state index contributed by atoms with van der Waals surface area (Å²) in [6, 6.07) is 21.7. The number of rotatable bonds is 7. The highest BCUT2D eigenvalue weighted by Gasteiger charge is 2.15. The number of halogens is 1. The fraction of sp³-hybridized carbons (Fsp3) is 0.160. The number of amides is 2. The molecule has 3 aromatic rings. The molecule has 0 saturated heterocycles. The number of benzene rings is 3. The first-order chi connectivity index (χ1) is 15.8. The Hall–Kier alpha value is -3.23. The Bertz CT molecular complexity index is 1150. The molecule has 0 unspecified atom stereocenters. The highest BCUT2D eigenvalue weighted by Crippen LogP contribution is 2.27. The summed E-state index contributed by atoms with van der Waals surface area (Å²) >= 11 is 8.73. The largest absolute Gasteiger partial charge is 0.490 e. The van der Waals surface area contributed by atoms with Crippen LogP contribution in [0.25, 0.3) is 0 Å². The highest BCUT2D eigenvalue weighted by atomic mass is 79.9. The Morgan fingerprint density at radius 3 is 2.36 bits per heavy atom. The molecule has 0 fully saturated rings. The second-order valence-corrected chi connectivity index (χ2v) is 8.70. The van der Waals surface area contributed by atoms with Gasteiger partial charge in [0.2, 0.25) is 0 Å². The number of hydrogen-bond donors (Lipinski definition) is 3. The van der Waals surface area contributed by atoms with Crippen molar-refractivity contribution in [3.8, 4) is 5.75 Å². The summed E-state index contributed by atoms with van der Waals surface area (Å²) < 4.78 is 6.34. The van der Waals surface area contributed by atoms with Crippen molar-refractivity contribution in [3.63, 3.8) is 0 Å². The first-order valence-electron chi connectivity index (χ1n) is 10.3. The molecule has 0 aliphatic heterocycles. The molecule has 170 valence electrons. The van der Waals surface area contributed by atoms with Crippen LogP contribution in [0.4, 0.5) is 5.69 Å². The van der Waals surface area contributed by atoms with Crippen molar-refractivity contribution in [2.24, 2.45) is 0 Å². The molecule has 0 aromatic heterocycles. The summed E-state index contributed by atoms with van der Waals surface area (Å²) in [4.78, 5) is 25.3. The molecule has 2 amide bonds. The second-order valence-electron chi connectivity index (χ2n) is 7.43. The van der Waals surface area contributed by atoms with Gasteiger partial charge < -0.3 is 15.4 Å². The van der Waals surface area contributed by atoms with Crippen molar-refractivity contribution >= 4 is 50.8 Å². The minimum atomic E-state index is -0.379. The molecule has 0 aliphatic carbocycles. The molecule has 0 radical (unpaired) electrons. The standard InChI is InChI=1S/C25H24BrN3O3S/c1-16(2)32-22-13-12-18(14-20(22)26)23(30)29-25(33)28-21-11-7-6-10-19(21)24(31)27-15-17-8-4-3-5-9-17/h3-14,16H,15H2,1-2H3,(H,27,31)(H2,28,29,30,33). The summed E-state index contributed by atoms with van der Waals surface area (Å²) in [5, 5.41) is 8.57.